The lowest BCUT2D eigenvalue weighted by molar-refractivity contribution is 0.199. The molecule has 0 aliphatic rings. The monoisotopic (exact) mass is 330 g/mol. The Labute approximate surface area is 123 Å². The van der Waals surface area contributed by atoms with Crippen LogP contribution in [0, 0.1) is 11.6 Å². The van der Waals surface area contributed by atoms with Crippen molar-refractivity contribution in [1.82, 2.24) is 10.0 Å². The van der Waals surface area contributed by atoms with Gasteiger partial charge in [0, 0.05) is 32.8 Å². The first-order valence-corrected chi connectivity index (χ1v) is 7.09. The van der Waals surface area contributed by atoms with E-state index in [-0.39, 0.29) is 19.0 Å². The highest BCUT2D eigenvalue weighted by Gasteiger charge is 2.15. The fourth-order valence-corrected chi connectivity index (χ4v) is 2.41. The largest absolute Gasteiger partial charge is 0.383 e. The van der Waals surface area contributed by atoms with Gasteiger partial charge in [0.15, 0.2) is 0 Å². The van der Waals surface area contributed by atoms with Crippen LogP contribution in [0.2, 0.25) is 0 Å². The second kappa shape index (κ2) is 9.19. The van der Waals surface area contributed by atoms with E-state index in [0.717, 1.165) is 12.1 Å². The van der Waals surface area contributed by atoms with Crippen LogP contribution in [0.5, 0.6) is 0 Å². The van der Waals surface area contributed by atoms with Gasteiger partial charge in [-0.1, -0.05) is 0 Å². The number of sulfonamides is 1. The highest BCUT2D eigenvalue weighted by atomic mass is 35.5. The van der Waals surface area contributed by atoms with Crippen LogP contribution in [-0.4, -0.2) is 41.8 Å². The van der Waals surface area contributed by atoms with E-state index in [2.05, 4.69) is 10.0 Å². The Morgan fingerprint density at radius 1 is 1.10 bits per heavy atom. The van der Waals surface area contributed by atoms with E-state index in [0.29, 0.717) is 25.8 Å². The molecule has 20 heavy (non-hydrogen) atoms. The molecule has 0 atom stereocenters. The van der Waals surface area contributed by atoms with Crippen molar-refractivity contribution in [3.05, 3.63) is 29.8 Å². The zero-order valence-electron chi connectivity index (χ0n) is 10.9. The Kier molecular flexibility index (Phi) is 8.83. The standard InChI is InChI=1S/C11H16F2N2O3S.ClH/c1-18-5-4-14-2-3-15-19(16,17)11-7-9(12)6-10(13)8-11;/h6-8,14-15H,2-5H2,1H3;1H. The van der Waals surface area contributed by atoms with Crippen LogP contribution in [0.15, 0.2) is 23.1 Å². The Morgan fingerprint density at radius 3 is 2.25 bits per heavy atom. The zero-order valence-corrected chi connectivity index (χ0v) is 12.5. The molecule has 1 aromatic rings. The molecular formula is C11H17ClF2N2O3S. The molecule has 116 valence electrons. The normalized spacial score (nSPS) is 11.2. The molecule has 0 unspecified atom stereocenters. The fraction of sp³-hybridized carbons (Fsp3) is 0.455. The highest BCUT2D eigenvalue weighted by Crippen LogP contribution is 2.12. The van der Waals surface area contributed by atoms with Crippen molar-refractivity contribution in [2.24, 2.45) is 0 Å². The molecule has 0 aliphatic heterocycles. The smallest absolute Gasteiger partial charge is 0.240 e. The number of benzene rings is 1. The zero-order chi connectivity index (χ0) is 14.3. The summed E-state index contributed by atoms with van der Waals surface area (Å²) >= 11 is 0. The molecule has 0 radical (unpaired) electrons. The average molecular weight is 331 g/mol. The third-order valence-electron chi connectivity index (χ3n) is 2.22. The van der Waals surface area contributed by atoms with Gasteiger partial charge in [0.2, 0.25) is 10.0 Å². The average Bonchev–Trinajstić information content (AvgIpc) is 2.32. The summed E-state index contributed by atoms with van der Waals surface area (Å²) < 4.78 is 56.4. The molecule has 0 amide bonds. The molecular weight excluding hydrogens is 314 g/mol. The number of methoxy groups -OCH3 is 1. The molecule has 0 bridgehead atoms. The van der Waals surface area contributed by atoms with Gasteiger partial charge in [-0.3, -0.25) is 0 Å². The van der Waals surface area contributed by atoms with Gasteiger partial charge in [0.05, 0.1) is 11.5 Å². The fourth-order valence-electron chi connectivity index (χ4n) is 1.34. The lowest BCUT2D eigenvalue weighted by Gasteiger charge is -2.08. The van der Waals surface area contributed by atoms with Crippen LogP contribution in [0.4, 0.5) is 8.78 Å². The van der Waals surface area contributed by atoms with Crippen LogP contribution in [0.1, 0.15) is 0 Å². The summed E-state index contributed by atoms with van der Waals surface area (Å²) in [6.07, 6.45) is 0. The molecule has 1 aromatic carbocycles. The van der Waals surface area contributed by atoms with Crippen molar-refractivity contribution >= 4 is 22.4 Å². The second-order valence-electron chi connectivity index (χ2n) is 3.75. The van der Waals surface area contributed by atoms with Crippen LogP contribution in [0.25, 0.3) is 0 Å². The number of nitrogens with one attached hydrogen (secondary N) is 2. The molecule has 0 heterocycles. The number of hydrogen-bond acceptors (Lipinski definition) is 4. The second-order valence-corrected chi connectivity index (χ2v) is 5.51. The maximum absolute atomic E-state index is 12.9. The van der Waals surface area contributed by atoms with E-state index >= 15 is 0 Å². The molecule has 9 heteroatoms. The van der Waals surface area contributed by atoms with Crippen molar-refractivity contribution in [2.75, 3.05) is 33.4 Å². The SMILES string of the molecule is COCCNCCNS(=O)(=O)c1cc(F)cc(F)c1.Cl. The van der Waals surface area contributed by atoms with Gasteiger partial charge in [-0.05, 0) is 12.1 Å². The molecule has 0 saturated heterocycles. The van der Waals surface area contributed by atoms with E-state index in [1.54, 1.807) is 7.11 Å². The molecule has 0 fully saturated rings. The minimum Gasteiger partial charge on any atom is -0.383 e. The van der Waals surface area contributed by atoms with E-state index in [1.165, 1.54) is 0 Å². The maximum Gasteiger partial charge on any atom is 0.240 e. The topological polar surface area (TPSA) is 67.4 Å². The molecule has 0 saturated carbocycles. The predicted molar refractivity (Wildman–Crippen MR) is 73.5 cm³/mol. The summed E-state index contributed by atoms with van der Waals surface area (Å²) in [5, 5.41) is 2.93. The van der Waals surface area contributed by atoms with Gasteiger partial charge in [-0.15, -0.1) is 12.4 Å². The van der Waals surface area contributed by atoms with Crippen LogP contribution >= 0.6 is 12.4 Å². The lowest BCUT2D eigenvalue weighted by atomic mass is 10.3. The van der Waals surface area contributed by atoms with Crippen LogP contribution in [0.3, 0.4) is 0 Å². The first-order valence-electron chi connectivity index (χ1n) is 5.61. The van der Waals surface area contributed by atoms with Gasteiger partial charge < -0.3 is 10.1 Å². The van der Waals surface area contributed by atoms with Gasteiger partial charge in [-0.2, -0.15) is 0 Å². The molecule has 5 nitrogen and oxygen atoms in total. The number of ether oxygens (including phenoxy) is 1. The van der Waals surface area contributed by atoms with Gasteiger partial charge in [0.25, 0.3) is 0 Å². The molecule has 1 rings (SSSR count). The summed E-state index contributed by atoms with van der Waals surface area (Å²) in [6.45, 7) is 1.61. The minimum absolute atomic E-state index is 0. The Morgan fingerprint density at radius 2 is 1.70 bits per heavy atom. The Bertz CT molecular complexity index is 494. The van der Waals surface area contributed by atoms with Crippen molar-refractivity contribution in [1.29, 1.82) is 0 Å². The van der Waals surface area contributed by atoms with E-state index in [4.69, 9.17) is 4.74 Å². The number of rotatable bonds is 8. The summed E-state index contributed by atoms with van der Waals surface area (Å²) in [5.74, 6) is -1.86. The summed E-state index contributed by atoms with van der Waals surface area (Å²) in [5.41, 5.74) is 0. The van der Waals surface area contributed by atoms with Gasteiger partial charge in [-0.25, -0.2) is 21.9 Å². The van der Waals surface area contributed by atoms with Gasteiger partial charge in [0.1, 0.15) is 11.6 Å². The van der Waals surface area contributed by atoms with Gasteiger partial charge >= 0.3 is 0 Å². The quantitative estimate of drug-likeness (QED) is 0.695. The number of hydrogen-bond donors (Lipinski definition) is 2. The third kappa shape index (κ3) is 6.58. The first-order chi connectivity index (χ1) is 8.95. The molecule has 0 spiro atoms. The highest BCUT2D eigenvalue weighted by molar-refractivity contribution is 7.89. The maximum atomic E-state index is 12.9. The van der Waals surface area contributed by atoms with Crippen LogP contribution in [-0.2, 0) is 14.8 Å². The van der Waals surface area contributed by atoms with E-state index in [1.807, 2.05) is 0 Å². The van der Waals surface area contributed by atoms with E-state index < -0.39 is 26.6 Å². The Balaban J connectivity index is 0.00000361. The van der Waals surface area contributed by atoms with Crippen molar-refractivity contribution in [2.45, 2.75) is 4.90 Å². The van der Waals surface area contributed by atoms with E-state index in [9.17, 15) is 17.2 Å². The molecule has 2 N–H and O–H groups in total. The Hall–Kier alpha value is -0.800. The van der Waals surface area contributed by atoms with Crippen molar-refractivity contribution in [3.8, 4) is 0 Å². The predicted octanol–water partition coefficient (Wildman–Crippen LogP) is 0.901. The lowest BCUT2D eigenvalue weighted by Crippen LogP contribution is -2.33. The summed E-state index contributed by atoms with van der Waals surface area (Å²) in [4.78, 5) is -0.429. The van der Waals surface area contributed by atoms with Crippen molar-refractivity contribution in [3.63, 3.8) is 0 Å². The molecule has 0 aliphatic carbocycles. The minimum atomic E-state index is -3.90. The number of halogens is 3. The molecule has 0 aromatic heterocycles. The first kappa shape index (κ1) is 19.2. The summed E-state index contributed by atoms with van der Waals surface area (Å²) in [6, 6.07) is 2.15. The van der Waals surface area contributed by atoms with Crippen LogP contribution < -0.4 is 10.0 Å². The summed E-state index contributed by atoms with van der Waals surface area (Å²) in [7, 11) is -2.34. The van der Waals surface area contributed by atoms with Crippen molar-refractivity contribution < 1.29 is 21.9 Å². The third-order valence-corrected chi connectivity index (χ3v) is 3.66.